The number of sulfonamides is 1. The molecule has 39 heavy (non-hydrogen) atoms. The van der Waals surface area contributed by atoms with E-state index in [1.54, 1.807) is 30.8 Å². The summed E-state index contributed by atoms with van der Waals surface area (Å²) in [5.74, 6) is -0.919. The second-order valence-corrected chi connectivity index (χ2v) is 11.3. The highest BCUT2D eigenvalue weighted by Gasteiger charge is 2.19. The summed E-state index contributed by atoms with van der Waals surface area (Å²) in [5.41, 5.74) is 1.38. The summed E-state index contributed by atoms with van der Waals surface area (Å²) in [6.07, 6.45) is 0.362. The Kier molecular flexibility index (Phi) is 8.26. The van der Waals surface area contributed by atoms with Crippen molar-refractivity contribution in [1.29, 1.82) is 0 Å². The van der Waals surface area contributed by atoms with E-state index in [0.29, 0.717) is 28.5 Å². The second-order valence-electron chi connectivity index (χ2n) is 8.52. The molecule has 0 aliphatic heterocycles. The number of rotatable bonds is 10. The molecule has 0 spiro atoms. The number of nitrogens with one attached hydrogen (secondary N) is 3. The third-order valence-corrected chi connectivity index (χ3v) is 8.30. The van der Waals surface area contributed by atoms with E-state index in [2.05, 4.69) is 25.6 Å². The van der Waals surface area contributed by atoms with Gasteiger partial charge in [0.2, 0.25) is 16.9 Å². The molecule has 3 N–H and O–H groups in total. The van der Waals surface area contributed by atoms with Gasteiger partial charge in [0.15, 0.2) is 0 Å². The van der Waals surface area contributed by atoms with Crippen LogP contribution in [0, 0.1) is 6.92 Å². The van der Waals surface area contributed by atoms with Gasteiger partial charge in [0.1, 0.15) is 10.7 Å². The van der Waals surface area contributed by atoms with Crippen LogP contribution in [0.1, 0.15) is 30.5 Å². The van der Waals surface area contributed by atoms with Gasteiger partial charge in [0, 0.05) is 25.6 Å². The van der Waals surface area contributed by atoms with Crippen molar-refractivity contribution in [3.63, 3.8) is 0 Å². The number of hydrogen-bond acceptors (Lipinski definition) is 8. The molecule has 0 radical (unpaired) electrons. The zero-order valence-corrected chi connectivity index (χ0v) is 23.1. The van der Waals surface area contributed by atoms with Crippen molar-refractivity contribution >= 4 is 49.7 Å². The molecule has 0 unspecified atom stereocenters. The fourth-order valence-corrected chi connectivity index (χ4v) is 5.60. The molecule has 12 nitrogen and oxygen atoms in total. The first-order valence-electron chi connectivity index (χ1n) is 12.0. The molecular formula is C25H27N7O5S2. The van der Waals surface area contributed by atoms with E-state index in [-0.39, 0.29) is 34.1 Å². The maximum absolute atomic E-state index is 12.9. The van der Waals surface area contributed by atoms with Crippen molar-refractivity contribution < 1.29 is 18.0 Å². The zero-order chi connectivity index (χ0) is 28.2. The summed E-state index contributed by atoms with van der Waals surface area (Å²) >= 11 is 1.15. The zero-order valence-electron chi connectivity index (χ0n) is 21.5. The largest absolute Gasteiger partial charge is 0.326 e. The van der Waals surface area contributed by atoms with E-state index in [1.165, 1.54) is 28.9 Å². The molecule has 0 saturated heterocycles. The van der Waals surface area contributed by atoms with E-state index in [1.807, 2.05) is 25.1 Å². The molecule has 0 aliphatic rings. The fourth-order valence-electron chi connectivity index (χ4n) is 3.69. The molecule has 0 atom stereocenters. The number of para-hydroxylation sites is 1. The van der Waals surface area contributed by atoms with Gasteiger partial charge < -0.3 is 10.6 Å². The number of benzene rings is 2. The van der Waals surface area contributed by atoms with E-state index >= 15 is 0 Å². The van der Waals surface area contributed by atoms with Crippen molar-refractivity contribution in [2.45, 2.75) is 38.0 Å². The van der Waals surface area contributed by atoms with Crippen LogP contribution in [0.15, 0.2) is 64.3 Å². The first-order chi connectivity index (χ1) is 18.6. The first kappa shape index (κ1) is 27.7. The van der Waals surface area contributed by atoms with Crippen molar-refractivity contribution in [1.82, 2.24) is 19.6 Å². The number of carbonyl (C=O) groups is 2. The van der Waals surface area contributed by atoms with E-state index in [4.69, 9.17) is 0 Å². The molecular weight excluding hydrogens is 542 g/mol. The van der Waals surface area contributed by atoms with Gasteiger partial charge in [-0.05, 0) is 49.7 Å². The Morgan fingerprint density at radius 2 is 1.59 bits per heavy atom. The van der Waals surface area contributed by atoms with Gasteiger partial charge in [0.05, 0.1) is 16.3 Å². The van der Waals surface area contributed by atoms with Crippen LogP contribution < -0.4 is 20.9 Å². The van der Waals surface area contributed by atoms with Crippen LogP contribution in [0.3, 0.4) is 0 Å². The van der Waals surface area contributed by atoms with Crippen LogP contribution in [-0.2, 0) is 33.1 Å². The fraction of sp³-hybridized carbons (Fsp3) is 0.240. The van der Waals surface area contributed by atoms with E-state index in [0.717, 1.165) is 11.3 Å². The normalized spacial score (nSPS) is 11.3. The van der Waals surface area contributed by atoms with Gasteiger partial charge >= 0.3 is 0 Å². The average molecular weight is 570 g/mol. The number of aryl methyl sites for hydroxylation is 1. The lowest BCUT2D eigenvalue weighted by Gasteiger charge is -2.08. The number of aromatic nitrogens is 4. The van der Waals surface area contributed by atoms with Crippen molar-refractivity contribution in [3.8, 4) is 5.69 Å². The molecule has 204 valence electrons. The molecule has 4 rings (SSSR count). The quantitative estimate of drug-likeness (QED) is 0.265. The monoisotopic (exact) mass is 569 g/mol. The van der Waals surface area contributed by atoms with Gasteiger partial charge in [-0.15, -0.1) is 10.2 Å². The molecule has 0 bridgehead atoms. The molecule has 2 aromatic carbocycles. The summed E-state index contributed by atoms with van der Waals surface area (Å²) < 4.78 is 30.6. The molecule has 2 aromatic heterocycles. The van der Waals surface area contributed by atoms with Crippen molar-refractivity contribution in [3.05, 3.63) is 75.7 Å². The van der Waals surface area contributed by atoms with Gasteiger partial charge in [0.25, 0.3) is 15.6 Å². The molecule has 2 heterocycles. The lowest BCUT2D eigenvalue weighted by atomic mass is 10.2. The maximum atomic E-state index is 12.9. The average Bonchev–Trinajstić information content (AvgIpc) is 3.45. The first-order valence-corrected chi connectivity index (χ1v) is 14.3. The minimum atomic E-state index is -3.87. The predicted molar refractivity (Wildman–Crippen MR) is 149 cm³/mol. The van der Waals surface area contributed by atoms with Crippen LogP contribution >= 0.6 is 11.3 Å². The molecule has 0 aliphatic carbocycles. The topological polar surface area (TPSA) is 157 Å². The Hall–Kier alpha value is -4.30. The number of hydrogen-bond donors (Lipinski definition) is 3. The predicted octanol–water partition coefficient (Wildman–Crippen LogP) is 3.06. The van der Waals surface area contributed by atoms with Crippen LogP contribution in [0.25, 0.3) is 5.69 Å². The lowest BCUT2D eigenvalue weighted by molar-refractivity contribution is -0.121. The van der Waals surface area contributed by atoms with E-state index in [9.17, 15) is 22.8 Å². The number of amides is 2. The Morgan fingerprint density at radius 3 is 2.21 bits per heavy atom. The summed E-state index contributed by atoms with van der Waals surface area (Å²) in [4.78, 5) is 37.8. The van der Waals surface area contributed by atoms with Crippen LogP contribution in [0.5, 0.6) is 0 Å². The number of nitrogens with zero attached hydrogens (tertiary/aromatic N) is 4. The summed E-state index contributed by atoms with van der Waals surface area (Å²) in [5, 5.41) is 13.8. The van der Waals surface area contributed by atoms with Crippen molar-refractivity contribution in [2.75, 3.05) is 15.4 Å². The van der Waals surface area contributed by atoms with E-state index < -0.39 is 21.8 Å². The molecule has 0 fully saturated rings. The standard InChI is InChI=1S/C25H27N7O5S2/c1-4-22-28-29-25(38-22)30-39(36,37)19-12-10-17(11-13-19)26-20(33)14-15-21(34)27-23-16(2)31(3)32(24(23)35)18-8-6-5-7-9-18/h5-13H,4,14-15H2,1-3H3,(H,26,33)(H,27,34)(H,29,30). The number of carbonyl (C=O) groups excluding carboxylic acids is 2. The minimum absolute atomic E-state index is 0.00693. The molecule has 4 aromatic rings. The minimum Gasteiger partial charge on any atom is -0.326 e. The Labute approximate surface area is 228 Å². The van der Waals surface area contributed by atoms with Crippen molar-refractivity contribution in [2.24, 2.45) is 7.05 Å². The van der Waals surface area contributed by atoms with Gasteiger partial charge in [-0.1, -0.05) is 36.5 Å². The third-order valence-electron chi connectivity index (χ3n) is 5.84. The summed E-state index contributed by atoms with van der Waals surface area (Å²) in [7, 11) is -2.15. The highest BCUT2D eigenvalue weighted by molar-refractivity contribution is 7.93. The number of anilines is 3. The van der Waals surface area contributed by atoms with Crippen LogP contribution in [0.4, 0.5) is 16.5 Å². The third kappa shape index (κ3) is 6.41. The molecule has 2 amide bonds. The van der Waals surface area contributed by atoms with Crippen LogP contribution in [0.2, 0.25) is 0 Å². The second kappa shape index (κ2) is 11.6. The molecule has 14 heteroatoms. The lowest BCUT2D eigenvalue weighted by Crippen LogP contribution is -2.23. The Balaban J connectivity index is 1.32. The van der Waals surface area contributed by atoms with Gasteiger partial charge in [-0.25, -0.2) is 13.1 Å². The SMILES string of the molecule is CCc1nnc(NS(=O)(=O)c2ccc(NC(=O)CCC(=O)Nc3c(C)n(C)n(-c4ccccc4)c3=O)cc2)s1. The van der Waals surface area contributed by atoms with Crippen LogP contribution in [-0.4, -0.2) is 39.8 Å². The summed E-state index contributed by atoms with van der Waals surface area (Å²) in [6.45, 7) is 3.62. The molecule has 0 saturated carbocycles. The Bertz CT molecular complexity index is 1660. The van der Waals surface area contributed by atoms with Gasteiger partial charge in [-0.3, -0.25) is 23.8 Å². The summed E-state index contributed by atoms with van der Waals surface area (Å²) in [6, 6.07) is 14.6. The van der Waals surface area contributed by atoms with Gasteiger partial charge in [-0.2, -0.15) is 0 Å². The smallest absolute Gasteiger partial charge is 0.295 e. The highest BCUT2D eigenvalue weighted by Crippen LogP contribution is 2.21. The Morgan fingerprint density at radius 1 is 0.949 bits per heavy atom. The highest BCUT2D eigenvalue weighted by atomic mass is 32.2. The maximum Gasteiger partial charge on any atom is 0.295 e.